The first kappa shape index (κ1) is 24.0. The molecule has 1 rings (SSSR count). The van der Waals surface area contributed by atoms with Gasteiger partial charge >= 0.3 is 5.97 Å². The van der Waals surface area contributed by atoms with Crippen molar-refractivity contribution in [1.82, 2.24) is 0 Å². The Bertz CT molecular complexity index is 646. The molecule has 0 aliphatic carbocycles. The number of hydrogen-bond acceptors (Lipinski definition) is 5. The van der Waals surface area contributed by atoms with Crippen LogP contribution < -0.4 is 10.1 Å². The van der Waals surface area contributed by atoms with Crippen LogP contribution in [0.4, 0.5) is 5.69 Å². The van der Waals surface area contributed by atoms with Gasteiger partial charge in [0.2, 0.25) is 0 Å². The summed E-state index contributed by atoms with van der Waals surface area (Å²) >= 11 is 0. The van der Waals surface area contributed by atoms with Crippen LogP contribution >= 0.6 is 0 Å². The molecule has 1 aromatic carbocycles. The van der Waals surface area contributed by atoms with Crippen LogP contribution in [0.1, 0.15) is 77.6 Å². The molecule has 28 heavy (non-hydrogen) atoms. The molecule has 6 nitrogen and oxygen atoms in total. The lowest BCUT2D eigenvalue weighted by Crippen LogP contribution is -2.42. The van der Waals surface area contributed by atoms with Crippen molar-refractivity contribution in [2.45, 2.75) is 78.9 Å². The minimum absolute atomic E-state index is 0.0380. The van der Waals surface area contributed by atoms with E-state index in [0.29, 0.717) is 30.0 Å². The van der Waals surface area contributed by atoms with Crippen LogP contribution in [-0.4, -0.2) is 36.8 Å². The molecule has 2 atom stereocenters. The van der Waals surface area contributed by atoms with E-state index in [1.807, 2.05) is 20.8 Å². The van der Waals surface area contributed by atoms with E-state index >= 15 is 0 Å². The van der Waals surface area contributed by atoms with E-state index in [2.05, 4.69) is 12.2 Å². The second-order valence-electron chi connectivity index (χ2n) is 6.99. The Balaban J connectivity index is 3.11. The summed E-state index contributed by atoms with van der Waals surface area (Å²) in [4.78, 5) is 25.2. The van der Waals surface area contributed by atoms with Crippen LogP contribution in [0.3, 0.4) is 0 Å². The SMILES string of the molecule is CCCC[C@@](C)(OCC)C(=O)Nc1ccc(O[C@H](C)CC)c(C(=O)OCC)c1. The van der Waals surface area contributed by atoms with Crippen LogP contribution in [0.15, 0.2) is 18.2 Å². The average Bonchev–Trinajstić information content (AvgIpc) is 2.67. The van der Waals surface area contributed by atoms with Crippen LogP contribution in [-0.2, 0) is 14.3 Å². The fraction of sp³-hybridized carbons (Fsp3) is 0.636. The maximum atomic E-state index is 12.9. The molecule has 6 heteroatoms. The number of ether oxygens (including phenoxy) is 3. The highest BCUT2D eigenvalue weighted by Crippen LogP contribution is 2.27. The van der Waals surface area contributed by atoms with E-state index in [1.165, 1.54) is 0 Å². The number of amides is 1. The molecule has 0 aliphatic rings. The number of rotatable bonds is 12. The van der Waals surface area contributed by atoms with E-state index in [0.717, 1.165) is 19.3 Å². The molecule has 1 amide bonds. The Morgan fingerprint density at radius 1 is 1.14 bits per heavy atom. The number of anilines is 1. The maximum Gasteiger partial charge on any atom is 0.341 e. The van der Waals surface area contributed by atoms with Crippen molar-refractivity contribution >= 4 is 17.6 Å². The Morgan fingerprint density at radius 3 is 2.43 bits per heavy atom. The fourth-order valence-electron chi connectivity index (χ4n) is 2.73. The zero-order valence-electron chi connectivity index (χ0n) is 18.1. The van der Waals surface area contributed by atoms with Gasteiger partial charge in [-0.25, -0.2) is 4.79 Å². The summed E-state index contributed by atoms with van der Waals surface area (Å²) in [6, 6.07) is 5.02. The quantitative estimate of drug-likeness (QED) is 0.508. The summed E-state index contributed by atoms with van der Waals surface area (Å²) in [5, 5.41) is 2.88. The van der Waals surface area contributed by atoms with Gasteiger partial charge in [-0.15, -0.1) is 0 Å². The molecule has 0 fully saturated rings. The van der Waals surface area contributed by atoms with Gasteiger partial charge in [0.15, 0.2) is 0 Å². The largest absolute Gasteiger partial charge is 0.490 e. The van der Waals surface area contributed by atoms with Crippen molar-refractivity contribution in [1.29, 1.82) is 0 Å². The Kier molecular flexibility index (Phi) is 10.0. The van der Waals surface area contributed by atoms with E-state index in [9.17, 15) is 9.59 Å². The predicted octanol–water partition coefficient (Wildman–Crippen LogP) is 4.96. The summed E-state index contributed by atoms with van der Waals surface area (Å²) in [7, 11) is 0. The number of carbonyl (C=O) groups is 2. The zero-order valence-corrected chi connectivity index (χ0v) is 18.1. The lowest BCUT2D eigenvalue weighted by Gasteiger charge is -2.28. The number of esters is 1. The fourth-order valence-corrected chi connectivity index (χ4v) is 2.73. The van der Waals surface area contributed by atoms with Gasteiger partial charge in [0, 0.05) is 12.3 Å². The number of unbranched alkanes of at least 4 members (excludes halogenated alkanes) is 1. The highest BCUT2D eigenvalue weighted by atomic mass is 16.5. The van der Waals surface area contributed by atoms with Crippen molar-refractivity contribution in [3.05, 3.63) is 23.8 Å². The first-order valence-electron chi connectivity index (χ1n) is 10.2. The lowest BCUT2D eigenvalue weighted by atomic mass is 9.97. The highest BCUT2D eigenvalue weighted by Gasteiger charge is 2.33. The first-order valence-corrected chi connectivity index (χ1v) is 10.2. The Hall–Kier alpha value is -2.08. The number of benzene rings is 1. The van der Waals surface area contributed by atoms with E-state index in [-0.39, 0.29) is 18.6 Å². The third kappa shape index (κ3) is 6.82. The Morgan fingerprint density at radius 2 is 1.86 bits per heavy atom. The van der Waals surface area contributed by atoms with Crippen molar-refractivity contribution < 1.29 is 23.8 Å². The van der Waals surface area contributed by atoms with Crippen molar-refractivity contribution in [2.24, 2.45) is 0 Å². The molecule has 1 N–H and O–H groups in total. The topological polar surface area (TPSA) is 73.9 Å². The average molecular weight is 394 g/mol. The summed E-state index contributed by atoms with van der Waals surface area (Å²) in [5.41, 5.74) is -0.112. The molecule has 0 aliphatic heterocycles. The summed E-state index contributed by atoms with van der Waals surface area (Å²) in [6.45, 7) is 12.2. The van der Waals surface area contributed by atoms with Crippen LogP contribution in [0.25, 0.3) is 0 Å². The molecular weight excluding hydrogens is 358 g/mol. The predicted molar refractivity (Wildman–Crippen MR) is 111 cm³/mol. The normalized spacial score (nSPS) is 14.1. The van der Waals surface area contributed by atoms with Crippen LogP contribution in [0.5, 0.6) is 5.75 Å². The van der Waals surface area contributed by atoms with Gasteiger partial charge in [-0.2, -0.15) is 0 Å². The maximum absolute atomic E-state index is 12.9. The minimum Gasteiger partial charge on any atom is -0.490 e. The van der Waals surface area contributed by atoms with Crippen molar-refractivity contribution in [3.63, 3.8) is 0 Å². The molecule has 0 spiro atoms. The third-order valence-corrected chi connectivity index (χ3v) is 4.59. The molecule has 0 saturated heterocycles. The summed E-state index contributed by atoms with van der Waals surface area (Å²) < 4.78 is 16.7. The minimum atomic E-state index is -0.916. The zero-order chi connectivity index (χ0) is 21.2. The molecule has 1 aromatic rings. The van der Waals surface area contributed by atoms with Crippen molar-refractivity contribution in [2.75, 3.05) is 18.5 Å². The van der Waals surface area contributed by atoms with E-state index in [1.54, 1.807) is 32.0 Å². The van der Waals surface area contributed by atoms with Gasteiger partial charge in [0.05, 0.1) is 12.7 Å². The van der Waals surface area contributed by atoms with Gasteiger partial charge in [0.25, 0.3) is 5.91 Å². The van der Waals surface area contributed by atoms with Crippen LogP contribution in [0.2, 0.25) is 0 Å². The van der Waals surface area contributed by atoms with Gasteiger partial charge < -0.3 is 19.5 Å². The summed E-state index contributed by atoms with van der Waals surface area (Å²) in [5.74, 6) is -0.256. The Labute approximate surface area is 168 Å². The molecule has 0 unspecified atom stereocenters. The molecule has 0 aromatic heterocycles. The third-order valence-electron chi connectivity index (χ3n) is 4.59. The van der Waals surface area contributed by atoms with Crippen molar-refractivity contribution in [3.8, 4) is 5.75 Å². The second-order valence-corrected chi connectivity index (χ2v) is 6.99. The van der Waals surface area contributed by atoms with Gasteiger partial charge in [0.1, 0.15) is 16.9 Å². The smallest absolute Gasteiger partial charge is 0.341 e. The molecule has 158 valence electrons. The van der Waals surface area contributed by atoms with Gasteiger partial charge in [-0.3, -0.25) is 4.79 Å². The summed E-state index contributed by atoms with van der Waals surface area (Å²) in [6.07, 6.45) is 3.27. The molecule has 0 saturated carbocycles. The number of carbonyl (C=O) groups excluding carboxylic acids is 2. The van der Waals surface area contributed by atoms with Gasteiger partial charge in [-0.1, -0.05) is 26.7 Å². The second kappa shape index (κ2) is 11.7. The van der Waals surface area contributed by atoms with E-state index in [4.69, 9.17) is 14.2 Å². The highest BCUT2D eigenvalue weighted by molar-refractivity contribution is 5.99. The standard InChI is InChI=1S/C22H35NO5/c1-7-11-14-22(6,27-10-4)21(25)23-17-12-13-19(28-16(5)8-2)18(15-17)20(24)26-9-3/h12-13,15-16H,7-11,14H2,1-6H3,(H,23,25)/t16-,22-/m1/s1. The lowest BCUT2D eigenvalue weighted by molar-refractivity contribution is -0.139. The van der Waals surface area contributed by atoms with E-state index < -0.39 is 11.6 Å². The monoisotopic (exact) mass is 393 g/mol. The number of hydrogen-bond donors (Lipinski definition) is 1. The van der Waals surface area contributed by atoms with Gasteiger partial charge in [-0.05, 0) is 58.7 Å². The molecule has 0 bridgehead atoms. The molecule has 0 radical (unpaired) electrons. The van der Waals surface area contributed by atoms with Crippen LogP contribution in [0, 0.1) is 0 Å². The number of nitrogens with one attached hydrogen (secondary N) is 1. The first-order chi connectivity index (χ1) is 13.3. The molecule has 0 heterocycles. The molecular formula is C22H35NO5.